The Morgan fingerprint density at radius 1 is 1.25 bits per heavy atom. The number of carbonyl (C=O) groups excluding carboxylic acids is 1. The minimum atomic E-state index is 0.0346. The summed E-state index contributed by atoms with van der Waals surface area (Å²) in [5.41, 5.74) is 6.14. The molecule has 3 N–H and O–H groups in total. The van der Waals surface area contributed by atoms with E-state index in [1.165, 1.54) is 19.4 Å². The second-order valence-corrected chi connectivity index (χ2v) is 6.81. The highest BCUT2D eigenvalue weighted by Gasteiger charge is 2.32. The molecule has 0 spiro atoms. The van der Waals surface area contributed by atoms with E-state index in [0.717, 1.165) is 38.8 Å². The molecule has 0 aromatic heterocycles. The summed E-state index contributed by atoms with van der Waals surface area (Å²) in [6, 6.07) is 0.423. The maximum Gasteiger partial charge on any atom is 0.224 e. The number of hydrogen-bond acceptors (Lipinski definition) is 3. The van der Waals surface area contributed by atoms with Crippen molar-refractivity contribution in [3.8, 4) is 0 Å². The zero-order valence-electron chi connectivity index (χ0n) is 13.1. The van der Waals surface area contributed by atoms with E-state index in [4.69, 9.17) is 5.73 Å². The lowest BCUT2D eigenvalue weighted by Crippen LogP contribution is -2.50. The Morgan fingerprint density at radius 2 is 1.95 bits per heavy atom. The molecule has 3 unspecified atom stereocenters. The van der Waals surface area contributed by atoms with Crippen LogP contribution in [0.4, 0.5) is 0 Å². The minimum Gasteiger partial charge on any atom is -0.353 e. The van der Waals surface area contributed by atoms with Gasteiger partial charge in [-0.25, -0.2) is 0 Å². The van der Waals surface area contributed by atoms with Crippen molar-refractivity contribution in [2.75, 3.05) is 19.6 Å². The van der Waals surface area contributed by atoms with Gasteiger partial charge in [0.25, 0.3) is 0 Å². The number of piperidine rings is 1. The lowest BCUT2D eigenvalue weighted by atomic mass is 9.78. The highest BCUT2D eigenvalue weighted by atomic mass is 16.2. The Morgan fingerprint density at radius 3 is 2.60 bits per heavy atom. The summed E-state index contributed by atoms with van der Waals surface area (Å²) in [6.45, 7) is 7.87. The number of nitrogens with one attached hydrogen (secondary N) is 1. The number of nitrogens with zero attached hydrogens (tertiary/aromatic N) is 1. The second-order valence-electron chi connectivity index (χ2n) is 6.81. The molecule has 2 fully saturated rings. The van der Waals surface area contributed by atoms with E-state index >= 15 is 0 Å². The van der Waals surface area contributed by atoms with Crippen LogP contribution in [0.5, 0.6) is 0 Å². The number of likely N-dealkylation sites (tertiary alicyclic amines) is 1. The van der Waals surface area contributed by atoms with Gasteiger partial charge in [0.15, 0.2) is 0 Å². The van der Waals surface area contributed by atoms with E-state index in [9.17, 15) is 4.79 Å². The Kier molecular flexibility index (Phi) is 5.85. The zero-order valence-corrected chi connectivity index (χ0v) is 13.1. The smallest absolute Gasteiger partial charge is 0.224 e. The predicted octanol–water partition coefficient (Wildman–Crippen LogP) is 1.74. The quantitative estimate of drug-likeness (QED) is 0.825. The number of rotatable bonds is 4. The highest BCUT2D eigenvalue weighted by molar-refractivity contribution is 5.79. The van der Waals surface area contributed by atoms with Crippen LogP contribution < -0.4 is 11.1 Å². The molecule has 4 heteroatoms. The highest BCUT2D eigenvalue weighted by Crippen LogP contribution is 2.28. The van der Waals surface area contributed by atoms with E-state index in [0.29, 0.717) is 12.0 Å². The maximum atomic E-state index is 12.4. The van der Waals surface area contributed by atoms with Gasteiger partial charge in [-0.2, -0.15) is 0 Å². The lowest BCUT2D eigenvalue weighted by Gasteiger charge is -2.35. The van der Waals surface area contributed by atoms with Gasteiger partial charge in [0.1, 0.15) is 0 Å². The van der Waals surface area contributed by atoms with Gasteiger partial charge < -0.3 is 16.0 Å². The molecule has 3 atom stereocenters. The van der Waals surface area contributed by atoms with Crippen molar-refractivity contribution in [1.82, 2.24) is 10.2 Å². The van der Waals surface area contributed by atoms with Crippen LogP contribution in [0.3, 0.4) is 0 Å². The van der Waals surface area contributed by atoms with Gasteiger partial charge in [0.05, 0.1) is 5.92 Å². The van der Waals surface area contributed by atoms with Crippen LogP contribution in [-0.4, -0.2) is 42.5 Å². The van der Waals surface area contributed by atoms with Crippen molar-refractivity contribution < 1.29 is 4.79 Å². The van der Waals surface area contributed by atoms with Crippen LogP contribution >= 0.6 is 0 Å². The summed E-state index contributed by atoms with van der Waals surface area (Å²) in [5.74, 6) is 0.877. The SMILES string of the molecule is CCCN1CCC(NC(=O)C2CC(C)CCC2N)CC1. The van der Waals surface area contributed by atoms with Crippen LogP contribution in [0.25, 0.3) is 0 Å². The normalized spacial score (nSPS) is 33.0. The van der Waals surface area contributed by atoms with Gasteiger partial charge in [0, 0.05) is 25.2 Å². The van der Waals surface area contributed by atoms with Gasteiger partial charge in [-0.15, -0.1) is 0 Å². The van der Waals surface area contributed by atoms with Crippen molar-refractivity contribution in [2.45, 2.75) is 64.5 Å². The molecule has 116 valence electrons. The standard InChI is InChI=1S/C16H31N3O/c1-3-8-19-9-6-13(7-10-19)18-16(20)14-11-12(2)4-5-15(14)17/h12-15H,3-11,17H2,1-2H3,(H,18,20). The van der Waals surface area contributed by atoms with Crippen LogP contribution in [0, 0.1) is 11.8 Å². The third-order valence-corrected chi connectivity index (χ3v) is 4.98. The molecule has 4 nitrogen and oxygen atoms in total. The Bertz CT molecular complexity index is 313. The first-order chi connectivity index (χ1) is 9.60. The second kappa shape index (κ2) is 7.41. The van der Waals surface area contributed by atoms with Gasteiger partial charge in [0.2, 0.25) is 5.91 Å². The largest absolute Gasteiger partial charge is 0.353 e. The van der Waals surface area contributed by atoms with Crippen LogP contribution in [-0.2, 0) is 4.79 Å². The first kappa shape index (κ1) is 15.8. The van der Waals surface area contributed by atoms with E-state index in [2.05, 4.69) is 24.1 Å². The average molecular weight is 281 g/mol. The molecule has 0 radical (unpaired) electrons. The molecule has 1 aliphatic carbocycles. The van der Waals surface area contributed by atoms with Crippen LogP contribution in [0.15, 0.2) is 0 Å². The van der Waals surface area contributed by atoms with Crippen molar-refractivity contribution in [1.29, 1.82) is 0 Å². The fourth-order valence-corrected chi connectivity index (χ4v) is 3.63. The monoisotopic (exact) mass is 281 g/mol. The molecule has 0 bridgehead atoms. The van der Waals surface area contributed by atoms with Gasteiger partial charge in [-0.1, -0.05) is 13.8 Å². The molecule has 2 rings (SSSR count). The summed E-state index contributed by atoms with van der Waals surface area (Å²) in [6.07, 6.45) is 6.51. The van der Waals surface area contributed by atoms with E-state index in [1.54, 1.807) is 0 Å². The summed E-state index contributed by atoms with van der Waals surface area (Å²) >= 11 is 0. The molecule has 1 aliphatic heterocycles. The molecule has 1 saturated carbocycles. The molecular weight excluding hydrogens is 250 g/mol. The molecule has 20 heavy (non-hydrogen) atoms. The number of hydrogen-bond donors (Lipinski definition) is 2. The summed E-state index contributed by atoms with van der Waals surface area (Å²) in [4.78, 5) is 14.9. The first-order valence-corrected chi connectivity index (χ1v) is 8.38. The number of carbonyl (C=O) groups is 1. The predicted molar refractivity (Wildman–Crippen MR) is 82.4 cm³/mol. The Balaban J connectivity index is 1.77. The average Bonchev–Trinajstić information content (AvgIpc) is 2.44. The molecule has 1 amide bonds. The summed E-state index contributed by atoms with van der Waals surface area (Å²) in [7, 11) is 0. The van der Waals surface area contributed by atoms with Crippen molar-refractivity contribution in [2.24, 2.45) is 17.6 Å². The third kappa shape index (κ3) is 4.19. The molecule has 1 heterocycles. The lowest BCUT2D eigenvalue weighted by molar-refractivity contribution is -0.128. The Labute approximate surface area is 123 Å². The van der Waals surface area contributed by atoms with Crippen molar-refractivity contribution in [3.63, 3.8) is 0 Å². The Hall–Kier alpha value is -0.610. The summed E-state index contributed by atoms with van der Waals surface area (Å²) < 4.78 is 0. The molecule has 1 saturated heterocycles. The minimum absolute atomic E-state index is 0.0346. The fraction of sp³-hybridized carbons (Fsp3) is 0.938. The van der Waals surface area contributed by atoms with Gasteiger partial charge in [-0.05, 0) is 51.0 Å². The topological polar surface area (TPSA) is 58.4 Å². The third-order valence-electron chi connectivity index (χ3n) is 4.98. The first-order valence-electron chi connectivity index (χ1n) is 8.38. The van der Waals surface area contributed by atoms with Gasteiger partial charge >= 0.3 is 0 Å². The fourth-order valence-electron chi connectivity index (χ4n) is 3.63. The molecule has 0 aromatic carbocycles. The summed E-state index contributed by atoms with van der Waals surface area (Å²) in [5, 5.41) is 3.26. The van der Waals surface area contributed by atoms with E-state index in [1.807, 2.05) is 0 Å². The zero-order chi connectivity index (χ0) is 14.5. The van der Waals surface area contributed by atoms with Gasteiger partial charge in [-0.3, -0.25) is 4.79 Å². The van der Waals surface area contributed by atoms with Crippen LogP contribution in [0.1, 0.15) is 52.4 Å². The van der Waals surface area contributed by atoms with Crippen molar-refractivity contribution in [3.05, 3.63) is 0 Å². The number of amides is 1. The van der Waals surface area contributed by atoms with Crippen molar-refractivity contribution >= 4 is 5.91 Å². The van der Waals surface area contributed by atoms with Crippen LogP contribution in [0.2, 0.25) is 0 Å². The molecule has 2 aliphatic rings. The molecular formula is C16H31N3O. The van der Waals surface area contributed by atoms with E-state index in [-0.39, 0.29) is 17.9 Å². The number of nitrogens with two attached hydrogens (primary N) is 1. The van der Waals surface area contributed by atoms with E-state index < -0.39 is 0 Å². The molecule has 0 aromatic rings. The maximum absolute atomic E-state index is 12.4.